The van der Waals surface area contributed by atoms with E-state index in [0.29, 0.717) is 13.0 Å². The van der Waals surface area contributed by atoms with Gasteiger partial charge >= 0.3 is 0 Å². The van der Waals surface area contributed by atoms with Gasteiger partial charge in [0.05, 0.1) is 12.5 Å². The zero-order chi connectivity index (χ0) is 16.8. The number of phenolic OH excluding ortho intramolecular Hbond substituents is 1. The molecule has 2 heterocycles. The number of thiophene rings is 1. The van der Waals surface area contributed by atoms with Crippen molar-refractivity contribution in [2.24, 2.45) is 0 Å². The first kappa shape index (κ1) is 16.3. The van der Waals surface area contributed by atoms with Gasteiger partial charge < -0.3 is 15.0 Å². The number of nitrogens with one attached hydrogen (secondary N) is 1. The number of aromatic nitrogens is 1. The summed E-state index contributed by atoms with van der Waals surface area (Å²) in [6.45, 7) is 0.589. The predicted molar refractivity (Wildman–Crippen MR) is 96.3 cm³/mol. The van der Waals surface area contributed by atoms with Crippen molar-refractivity contribution >= 4 is 17.2 Å². The second-order valence-electron chi connectivity index (χ2n) is 5.67. The van der Waals surface area contributed by atoms with E-state index >= 15 is 0 Å². The number of carbonyl (C=O) groups is 1. The Morgan fingerprint density at radius 2 is 1.92 bits per heavy atom. The van der Waals surface area contributed by atoms with Gasteiger partial charge in [-0.05, 0) is 58.6 Å². The van der Waals surface area contributed by atoms with Crippen molar-refractivity contribution < 1.29 is 9.90 Å². The molecular weight excluding hydrogens is 320 g/mol. The maximum Gasteiger partial charge on any atom is 0.222 e. The zero-order valence-corrected chi connectivity index (χ0v) is 14.1. The molecule has 0 radical (unpaired) electrons. The van der Waals surface area contributed by atoms with E-state index < -0.39 is 0 Å². The molecule has 3 aromatic rings. The minimum absolute atomic E-state index is 0.0277. The van der Waals surface area contributed by atoms with Gasteiger partial charge in [0.15, 0.2) is 0 Å². The van der Waals surface area contributed by atoms with E-state index in [1.807, 2.05) is 42.0 Å². The Hall–Kier alpha value is -2.53. The third kappa shape index (κ3) is 4.26. The Bertz CT molecular complexity index is 715. The summed E-state index contributed by atoms with van der Waals surface area (Å²) in [6, 6.07) is 13.1. The molecule has 24 heavy (non-hydrogen) atoms. The van der Waals surface area contributed by atoms with E-state index in [9.17, 15) is 9.90 Å². The van der Waals surface area contributed by atoms with Crippen molar-refractivity contribution in [3.8, 4) is 5.75 Å². The van der Waals surface area contributed by atoms with E-state index in [1.165, 1.54) is 0 Å². The molecule has 2 aromatic heterocycles. The average Bonchev–Trinajstić information content (AvgIpc) is 3.28. The van der Waals surface area contributed by atoms with Crippen LogP contribution in [0.3, 0.4) is 0 Å². The molecule has 5 heteroatoms. The summed E-state index contributed by atoms with van der Waals surface area (Å²) >= 11 is 1.64. The quantitative estimate of drug-likeness (QED) is 0.690. The Kier molecular flexibility index (Phi) is 5.33. The van der Waals surface area contributed by atoms with Gasteiger partial charge in [0.1, 0.15) is 5.75 Å². The Morgan fingerprint density at radius 3 is 2.58 bits per heavy atom. The lowest BCUT2D eigenvalue weighted by molar-refractivity contribution is -0.121. The van der Waals surface area contributed by atoms with Crippen LogP contribution in [0.4, 0.5) is 0 Å². The third-order valence-electron chi connectivity index (χ3n) is 3.97. The molecule has 1 amide bonds. The molecule has 0 saturated heterocycles. The second-order valence-corrected chi connectivity index (χ2v) is 6.45. The molecule has 1 aromatic carbocycles. The molecule has 0 saturated carbocycles. The van der Waals surface area contributed by atoms with Gasteiger partial charge in [-0.2, -0.15) is 11.3 Å². The minimum Gasteiger partial charge on any atom is -0.508 e. The maximum atomic E-state index is 12.3. The van der Waals surface area contributed by atoms with Gasteiger partial charge in [0, 0.05) is 18.9 Å². The van der Waals surface area contributed by atoms with Crippen LogP contribution in [-0.4, -0.2) is 22.1 Å². The molecule has 124 valence electrons. The molecule has 4 nitrogen and oxygen atoms in total. The normalized spacial score (nSPS) is 12.0. The van der Waals surface area contributed by atoms with Gasteiger partial charge in [-0.3, -0.25) is 4.79 Å². The lowest BCUT2D eigenvalue weighted by atomic mass is 10.1. The smallest absolute Gasteiger partial charge is 0.222 e. The topological polar surface area (TPSA) is 54.3 Å². The van der Waals surface area contributed by atoms with Crippen molar-refractivity contribution in [1.29, 1.82) is 0 Å². The van der Waals surface area contributed by atoms with Gasteiger partial charge in [-0.25, -0.2) is 0 Å². The summed E-state index contributed by atoms with van der Waals surface area (Å²) in [4.78, 5) is 12.3. The Balaban J connectivity index is 1.55. The lowest BCUT2D eigenvalue weighted by Gasteiger charge is -2.18. The van der Waals surface area contributed by atoms with Crippen LogP contribution in [0.2, 0.25) is 0 Å². The first-order chi connectivity index (χ1) is 11.7. The predicted octanol–water partition coefficient (Wildman–Crippen LogP) is 3.59. The summed E-state index contributed by atoms with van der Waals surface area (Å²) in [6.07, 6.45) is 5.15. The number of benzene rings is 1. The summed E-state index contributed by atoms with van der Waals surface area (Å²) < 4.78 is 2.07. The minimum atomic E-state index is 0.0277. The van der Waals surface area contributed by atoms with Gasteiger partial charge in [-0.15, -0.1) is 0 Å². The van der Waals surface area contributed by atoms with Crippen molar-refractivity contribution in [2.75, 3.05) is 6.54 Å². The highest BCUT2D eigenvalue weighted by Gasteiger charge is 2.17. The molecule has 2 N–H and O–H groups in total. The zero-order valence-electron chi connectivity index (χ0n) is 13.3. The highest BCUT2D eigenvalue weighted by Crippen LogP contribution is 2.24. The number of phenols is 1. The highest BCUT2D eigenvalue weighted by molar-refractivity contribution is 7.08. The van der Waals surface area contributed by atoms with E-state index in [2.05, 4.69) is 21.3 Å². The molecule has 3 rings (SSSR count). The van der Waals surface area contributed by atoms with E-state index in [0.717, 1.165) is 17.5 Å². The number of rotatable bonds is 7. The van der Waals surface area contributed by atoms with Crippen molar-refractivity contribution in [1.82, 2.24) is 9.88 Å². The number of aromatic hydroxyl groups is 1. The highest BCUT2D eigenvalue weighted by atomic mass is 32.1. The molecule has 0 spiro atoms. The van der Waals surface area contributed by atoms with Gasteiger partial charge in [-0.1, -0.05) is 12.1 Å². The van der Waals surface area contributed by atoms with Crippen LogP contribution in [0.1, 0.15) is 23.6 Å². The number of amides is 1. The molecule has 0 bridgehead atoms. The summed E-state index contributed by atoms with van der Waals surface area (Å²) in [5.74, 6) is 0.298. The largest absolute Gasteiger partial charge is 0.508 e. The van der Waals surface area contributed by atoms with Crippen LogP contribution in [-0.2, 0) is 11.2 Å². The van der Waals surface area contributed by atoms with Crippen LogP contribution in [0.15, 0.2) is 65.6 Å². The monoisotopic (exact) mass is 340 g/mol. The van der Waals surface area contributed by atoms with Gasteiger partial charge in [0.2, 0.25) is 5.91 Å². The summed E-state index contributed by atoms with van der Waals surface area (Å²) in [7, 11) is 0. The molecule has 1 atom stereocenters. The SMILES string of the molecule is O=C(C[C@H](c1ccsc1)n1cccc1)NCCc1ccc(O)cc1. The van der Waals surface area contributed by atoms with Crippen molar-refractivity contribution in [3.63, 3.8) is 0 Å². The van der Waals surface area contributed by atoms with Crippen LogP contribution in [0.25, 0.3) is 0 Å². The van der Waals surface area contributed by atoms with Crippen molar-refractivity contribution in [3.05, 3.63) is 76.7 Å². The fourth-order valence-corrected chi connectivity index (χ4v) is 3.38. The van der Waals surface area contributed by atoms with Gasteiger partial charge in [0.25, 0.3) is 0 Å². The first-order valence-corrected chi connectivity index (χ1v) is 8.86. The van der Waals surface area contributed by atoms with E-state index in [-0.39, 0.29) is 17.7 Å². The maximum absolute atomic E-state index is 12.3. The fraction of sp³-hybridized carbons (Fsp3) is 0.211. The Labute approximate surface area is 145 Å². The third-order valence-corrected chi connectivity index (χ3v) is 4.67. The van der Waals surface area contributed by atoms with Crippen LogP contribution in [0, 0.1) is 0 Å². The molecule has 0 aliphatic carbocycles. The van der Waals surface area contributed by atoms with Crippen LogP contribution in [0.5, 0.6) is 5.75 Å². The Morgan fingerprint density at radius 1 is 1.17 bits per heavy atom. The lowest BCUT2D eigenvalue weighted by Crippen LogP contribution is -2.28. The number of hydrogen-bond donors (Lipinski definition) is 2. The second kappa shape index (κ2) is 7.84. The fourth-order valence-electron chi connectivity index (χ4n) is 2.67. The summed E-state index contributed by atoms with van der Waals surface area (Å²) in [5.41, 5.74) is 2.25. The van der Waals surface area contributed by atoms with E-state index in [1.54, 1.807) is 23.5 Å². The molecule has 0 fully saturated rings. The number of hydrogen-bond acceptors (Lipinski definition) is 3. The summed E-state index contributed by atoms with van der Waals surface area (Å²) in [5, 5.41) is 16.4. The standard InChI is InChI=1S/C19H20N2O2S/c22-17-5-3-15(4-6-17)7-9-20-19(23)13-18(16-8-12-24-14-16)21-10-1-2-11-21/h1-6,8,10-12,14,18,22H,7,9,13H2,(H,20,23)/t18-/m1/s1. The average molecular weight is 340 g/mol. The first-order valence-electron chi connectivity index (χ1n) is 7.91. The van der Waals surface area contributed by atoms with Crippen LogP contribution < -0.4 is 5.32 Å². The number of nitrogens with zero attached hydrogens (tertiary/aromatic N) is 1. The molecule has 0 aliphatic heterocycles. The van der Waals surface area contributed by atoms with Crippen molar-refractivity contribution in [2.45, 2.75) is 18.9 Å². The van der Waals surface area contributed by atoms with Crippen LogP contribution >= 0.6 is 11.3 Å². The molecular formula is C19H20N2O2S. The van der Waals surface area contributed by atoms with E-state index in [4.69, 9.17) is 0 Å². The number of carbonyl (C=O) groups excluding carboxylic acids is 1. The molecule has 0 unspecified atom stereocenters. The molecule has 0 aliphatic rings.